The van der Waals surface area contributed by atoms with Crippen LogP contribution in [0.3, 0.4) is 0 Å². The quantitative estimate of drug-likeness (QED) is 0.374. The molecular weight excluding hydrogens is 430 g/mol. The van der Waals surface area contributed by atoms with Gasteiger partial charge in [-0.05, 0) is 19.1 Å². The van der Waals surface area contributed by atoms with E-state index < -0.39 is 11.4 Å². The monoisotopic (exact) mass is 449 g/mol. The summed E-state index contributed by atoms with van der Waals surface area (Å²) in [5, 5.41) is 1.95. The lowest BCUT2D eigenvalue weighted by atomic mass is 10.2. The Kier molecular flexibility index (Phi) is 7.01. The minimum absolute atomic E-state index is 0.127. The molecule has 0 aliphatic carbocycles. The number of benzene rings is 1. The van der Waals surface area contributed by atoms with Gasteiger partial charge in [-0.3, -0.25) is 4.79 Å². The van der Waals surface area contributed by atoms with Gasteiger partial charge in [0.25, 0.3) is 0 Å². The third-order valence-corrected chi connectivity index (χ3v) is 6.05. The van der Waals surface area contributed by atoms with Crippen molar-refractivity contribution in [2.75, 3.05) is 21.3 Å². The molecule has 8 nitrogen and oxygen atoms in total. The molecule has 3 aromatic rings. The van der Waals surface area contributed by atoms with Crippen LogP contribution >= 0.6 is 23.1 Å². The van der Waals surface area contributed by atoms with E-state index >= 15 is 0 Å². The fourth-order valence-electron chi connectivity index (χ4n) is 2.48. The molecule has 1 aromatic carbocycles. The van der Waals surface area contributed by atoms with Crippen LogP contribution in [0.25, 0.3) is 0 Å². The highest BCUT2D eigenvalue weighted by Crippen LogP contribution is 2.38. The van der Waals surface area contributed by atoms with Gasteiger partial charge in [-0.1, -0.05) is 11.8 Å². The van der Waals surface area contributed by atoms with Gasteiger partial charge in [0.1, 0.15) is 12.0 Å². The number of ether oxygens (including phenoxy) is 4. The van der Waals surface area contributed by atoms with Crippen molar-refractivity contribution in [2.45, 2.75) is 17.0 Å². The number of rotatable bonds is 8. The number of thioether (sulfide) groups is 1. The predicted molar refractivity (Wildman–Crippen MR) is 112 cm³/mol. The minimum Gasteiger partial charge on any atom is -0.493 e. The summed E-state index contributed by atoms with van der Waals surface area (Å²) in [5.41, 5.74) is 0.605. The van der Waals surface area contributed by atoms with Crippen LogP contribution in [0.1, 0.15) is 21.8 Å². The van der Waals surface area contributed by atoms with Gasteiger partial charge in [-0.15, -0.1) is 11.3 Å². The summed E-state index contributed by atoms with van der Waals surface area (Å²) in [7, 11) is 4.33. The molecule has 0 saturated heterocycles. The average Bonchev–Trinajstić information content (AvgIpc) is 3.17. The van der Waals surface area contributed by atoms with Gasteiger partial charge in [-0.25, -0.2) is 9.78 Å². The van der Waals surface area contributed by atoms with Crippen LogP contribution in [-0.4, -0.2) is 32.3 Å². The largest absolute Gasteiger partial charge is 0.493 e. The van der Waals surface area contributed by atoms with Crippen LogP contribution in [0, 0.1) is 6.92 Å². The molecule has 0 atom stereocenters. The maximum atomic E-state index is 12.5. The smallest absolute Gasteiger partial charge is 0.344 e. The molecule has 0 saturated carbocycles. The van der Waals surface area contributed by atoms with Crippen molar-refractivity contribution < 1.29 is 28.2 Å². The van der Waals surface area contributed by atoms with E-state index in [1.54, 1.807) is 0 Å². The molecule has 0 spiro atoms. The second kappa shape index (κ2) is 9.68. The van der Waals surface area contributed by atoms with Crippen LogP contribution in [0.4, 0.5) is 0 Å². The second-order valence-electron chi connectivity index (χ2n) is 5.92. The van der Waals surface area contributed by atoms with Crippen LogP contribution in [-0.2, 0) is 5.75 Å². The van der Waals surface area contributed by atoms with E-state index in [0.29, 0.717) is 28.8 Å². The van der Waals surface area contributed by atoms with Gasteiger partial charge in [0.2, 0.25) is 16.9 Å². The summed E-state index contributed by atoms with van der Waals surface area (Å²) in [6.45, 7) is 1.91. The van der Waals surface area contributed by atoms with Crippen molar-refractivity contribution in [2.24, 2.45) is 0 Å². The Balaban J connectivity index is 1.74. The predicted octanol–water partition coefficient (Wildman–Crippen LogP) is 3.94. The Morgan fingerprint density at radius 3 is 2.33 bits per heavy atom. The first-order valence-electron chi connectivity index (χ1n) is 8.64. The van der Waals surface area contributed by atoms with E-state index in [1.165, 1.54) is 62.6 Å². The highest BCUT2D eigenvalue weighted by atomic mass is 32.2. The zero-order valence-electron chi connectivity index (χ0n) is 16.7. The molecule has 10 heteroatoms. The molecule has 2 aromatic heterocycles. The van der Waals surface area contributed by atoms with E-state index in [9.17, 15) is 9.59 Å². The van der Waals surface area contributed by atoms with Gasteiger partial charge >= 0.3 is 5.97 Å². The van der Waals surface area contributed by atoms with Gasteiger partial charge in [-0.2, -0.15) is 0 Å². The number of carbonyl (C=O) groups excluding carboxylic acids is 1. The number of hydrogen-bond acceptors (Lipinski definition) is 10. The number of methoxy groups -OCH3 is 3. The number of carbonyl (C=O) groups is 1. The second-order valence-corrected chi connectivity index (χ2v) is 8.00. The number of aromatic nitrogens is 1. The van der Waals surface area contributed by atoms with Crippen molar-refractivity contribution in [3.05, 3.63) is 57.1 Å². The molecule has 30 heavy (non-hydrogen) atoms. The normalized spacial score (nSPS) is 10.5. The Hall–Kier alpha value is -2.98. The van der Waals surface area contributed by atoms with Gasteiger partial charge in [0.15, 0.2) is 15.8 Å². The van der Waals surface area contributed by atoms with Crippen molar-refractivity contribution in [1.82, 2.24) is 4.98 Å². The zero-order valence-corrected chi connectivity index (χ0v) is 18.3. The number of hydrogen-bond donors (Lipinski definition) is 0. The summed E-state index contributed by atoms with van der Waals surface area (Å²) in [4.78, 5) is 29.2. The highest BCUT2D eigenvalue weighted by Gasteiger charge is 2.19. The van der Waals surface area contributed by atoms with Gasteiger partial charge < -0.3 is 23.4 Å². The summed E-state index contributed by atoms with van der Waals surface area (Å²) in [6.07, 6.45) is 1.13. The lowest BCUT2D eigenvalue weighted by molar-refractivity contribution is 0.0728. The molecule has 0 radical (unpaired) electrons. The van der Waals surface area contributed by atoms with Crippen molar-refractivity contribution in [3.8, 4) is 23.0 Å². The first-order valence-corrected chi connectivity index (χ1v) is 10.5. The number of thiazole rings is 1. The molecular formula is C20H19NO7S2. The number of nitrogens with zero attached hydrogens (tertiary/aromatic N) is 1. The molecule has 0 fully saturated rings. The Bertz CT molecular complexity index is 1080. The average molecular weight is 450 g/mol. The summed E-state index contributed by atoms with van der Waals surface area (Å²) in [6, 6.07) is 4.17. The zero-order chi connectivity index (χ0) is 21.7. The Morgan fingerprint density at radius 2 is 1.80 bits per heavy atom. The van der Waals surface area contributed by atoms with E-state index in [0.717, 1.165) is 16.3 Å². The maximum absolute atomic E-state index is 12.5. The molecule has 2 heterocycles. The van der Waals surface area contributed by atoms with Crippen LogP contribution in [0.15, 0.2) is 43.4 Å². The molecule has 0 aliphatic heterocycles. The number of aryl methyl sites for hydroxylation is 1. The maximum Gasteiger partial charge on any atom is 0.344 e. The molecule has 0 N–H and O–H groups in total. The lowest BCUT2D eigenvalue weighted by Gasteiger charge is -2.13. The van der Waals surface area contributed by atoms with E-state index in [4.69, 9.17) is 23.4 Å². The third kappa shape index (κ3) is 4.95. The van der Waals surface area contributed by atoms with Crippen molar-refractivity contribution in [1.29, 1.82) is 0 Å². The van der Waals surface area contributed by atoms with E-state index in [1.807, 2.05) is 12.3 Å². The Morgan fingerprint density at radius 1 is 1.10 bits per heavy atom. The fourth-order valence-corrected chi connectivity index (χ4v) is 4.22. The summed E-state index contributed by atoms with van der Waals surface area (Å²) < 4.78 is 27.2. The van der Waals surface area contributed by atoms with E-state index in [-0.39, 0.29) is 11.3 Å². The summed E-state index contributed by atoms with van der Waals surface area (Å²) in [5.74, 6) is 0.832. The third-order valence-electron chi connectivity index (χ3n) is 3.89. The minimum atomic E-state index is -0.762. The SMILES string of the molecule is COc1cc(C(=O)Oc2coc(CSc3nc(C)cs3)cc2=O)cc(OC)c1OC. The topological polar surface area (TPSA) is 97.1 Å². The van der Waals surface area contributed by atoms with Crippen LogP contribution < -0.4 is 24.4 Å². The Labute approximate surface area is 180 Å². The molecule has 0 amide bonds. The van der Waals surface area contributed by atoms with Crippen molar-refractivity contribution in [3.63, 3.8) is 0 Å². The highest BCUT2D eigenvalue weighted by molar-refractivity contribution is 8.00. The number of esters is 1. The molecule has 3 rings (SSSR count). The van der Waals surface area contributed by atoms with Crippen LogP contribution in [0.5, 0.6) is 23.0 Å². The van der Waals surface area contributed by atoms with Crippen molar-refractivity contribution >= 4 is 29.1 Å². The van der Waals surface area contributed by atoms with E-state index in [2.05, 4.69) is 4.98 Å². The first-order chi connectivity index (χ1) is 14.4. The van der Waals surface area contributed by atoms with Gasteiger partial charge in [0, 0.05) is 17.1 Å². The molecule has 158 valence electrons. The standard InChI is InChI=1S/C20H19NO7S2/c1-11-9-29-20(21-11)30-10-13-7-14(22)17(8-27-13)28-19(23)12-5-15(24-2)18(26-4)16(6-12)25-3/h5-9H,10H2,1-4H3. The summed E-state index contributed by atoms with van der Waals surface area (Å²) >= 11 is 2.98. The molecule has 0 unspecified atom stereocenters. The van der Waals surface area contributed by atoms with Gasteiger partial charge in [0.05, 0.1) is 32.6 Å². The fraction of sp³-hybridized carbons (Fsp3) is 0.250. The molecule has 0 bridgehead atoms. The first kappa shape index (κ1) is 21.7. The van der Waals surface area contributed by atoms with Crippen LogP contribution in [0.2, 0.25) is 0 Å². The lowest BCUT2D eigenvalue weighted by Crippen LogP contribution is -2.15. The molecule has 0 aliphatic rings.